The molecule has 0 spiro atoms. The van der Waals surface area contributed by atoms with Crippen molar-refractivity contribution < 1.29 is 9.53 Å². The minimum absolute atomic E-state index is 0.220. The molecule has 1 N–H and O–H groups in total. The van der Waals surface area contributed by atoms with Crippen LogP contribution >= 0.6 is 0 Å². The average Bonchev–Trinajstić information content (AvgIpc) is 2.48. The molecule has 4 nitrogen and oxygen atoms in total. The molecule has 4 heteroatoms. The number of rotatable bonds is 3. The first-order valence-electron chi connectivity index (χ1n) is 6.59. The zero-order valence-electron chi connectivity index (χ0n) is 11.1. The van der Waals surface area contributed by atoms with Crippen LogP contribution in [0.3, 0.4) is 0 Å². The van der Waals surface area contributed by atoms with Gasteiger partial charge in [0.15, 0.2) is 0 Å². The molecule has 1 aliphatic rings. The first kappa shape index (κ1) is 13.6. The summed E-state index contributed by atoms with van der Waals surface area (Å²) < 4.78 is 5.23. The maximum absolute atomic E-state index is 12.3. The van der Waals surface area contributed by atoms with E-state index in [1.165, 1.54) is 5.56 Å². The lowest BCUT2D eigenvalue weighted by Gasteiger charge is -2.29. The van der Waals surface area contributed by atoms with Gasteiger partial charge in [-0.25, -0.2) is 0 Å². The van der Waals surface area contributed by atoms with Crippen molar-refractivity contribution >= 4 is 11.6 Å². The van der Waals surface area contributed by atoms with Crippen LogP contribution in [0.25, 0.3) is 0 Å². The number of ether oxygens (including phenoxy) is 1. The molecule has 1 fully saturated rings. The van der Waals surface area contributed by atoms with Gasteiger partial charge in [0.1, 0.15) is 5.41 Å². The van der Waals surface area contributed by atoms with Crippen LogP contribution < -0.4 is 5.32 Å². The second-order valence-electron chi connectivity index (χ2n) is 4.81. The van der Waals surface area contributed by atoms with Gasteiger partial charge in [0.2, 0.25) is 5.91 Å². The van der Waals surface area contributed by atoms with E-state index in [-0.39, 0.29) is 5.91 Å². The summed E-state index contributed by atoms with van der Waals surface area (Å²) >= 11 is 0. The van der Waals surface area contributed by atoms with E-state index in [2.05, 4.69) is 18.3 Å². The molecule has 1 aliphatic heterocycles. The molecule has 1 aromatic rings. The topological polar surface area (TPSA) is 62.1 Å². The van der Waals surface area contributed by atoms with Gasteiger partial charge >= 0.3 is 0 Å². The third kappa shape index (κ3) is 2.94. The van der Waals surface area contributed by atoms with Gasteiger partial charge in [-0.1, -0.05) is 19.1 Å². The highest BCUT2D eigenvalue weighted by Gasteiger charge is 2.40. The number of aryl methyl sites for hydroxylation is 1. The fourth-order valence-corrected chi connectivity index (χ4v) is 2.18. The van der Waals surface area contributed by atoms with Gasteiger partial charge in [-0.15, -0.1) is 0 Å². The van der Waals surface area contributed by atoms with E-state index in [0.717, 1.165) is 12.1 Å². The Morgan fingerprint density at radius 2 is 2.00 bits per heavy atom. The minimum atomic E-state index is -0.943. The summed E-state index contributed by atoms with van der Waals surface area (Å²) in [6, 6.07) is 9.89. The van der Waals surface area contributed by atoms with Gasteiger partial charge in [-0.3, -0.25) is 4.79 Å². The predicted molar refractivity (Wildman–Crippen MR) is 72.5 cm³/mol. The van der Waals surface area contributed by atoms with E-state index in [9.17, 15) is 10.1 Å². The molecule has 1 amide bonds. The Balaban J connectivity index is 2.08. The molecule has 0 bridgehead atoms. The van der Waals surface area contributed by atoms with E-state index < -0.39 is 5.41 Å². The lowest BCUT2D eigenvalue weighted by molar-refractivity contribution is -0.126. The molecule has 2 rings (SSSR count). The molecule has 19 heavy (non-hydrogen) atoms. The van der Waals surface area contributed by atoms with Crippen LogP contribution in [0.2, 0.25) is 0 Å². The summed E-state index contributed by atoms with van der Waals surface area (Å²) in [5, 5.41) is 12.1. The Morgan fingerprint density at radius 1 is 1.37 bits per heavy atom. The number of nitriles is 1. The Morgan fingerprint density at radius 3 is 2.53 bits per heavy atom. The fourth-order valence-electron chi connectivity index (χ4n) is 2.18. The zero-order chi connectivity index (χ0) is 13.7. The number of nitrogens with zero attached hydrogens (tertiary/aromatic N) is 1. The van der Waals surface area contributed by atoms with Crippen molar-refractivity contribution in [3.8, 4) is 6.07 Å². The van der Waals surface area contributed by atoms with Crippen molar-refractivity contribution in [3.63, 3.8) is 0 Å². The zero-order valence-corrected chi connectivity index (χ0v) is 11.1. The van der Waals surface area contributed by atoms with Gasteiger partial charge in [0.05, 0.1) is 6.07 Å². The largest absolute Gasteiger partial charge is 0.381 e. The van der Waals surface area contributed by atoms with Crippen LogP contribution in [0.15, 0.2) is 24.3 Å². The summed E-state index contributed by atoms with van der Waals surface area (Å²) in [4.78, 5) is 12.3. The number of anilines is 1. The van der Waals surface area contributed by atoms with Crippen LogP contribution in [0.5, 0.6) is 0 Å². The summed E-state index contributed by atoms with van der Waals surface area (Å²) in [7, 11) is 0. The number of carbonyl (C=O) groups excluding carboxylic acids is 1. The second kappa shape index (κ2) is 5.85. The standard InChI is InChI=1S/C15H18N2O2/c1-2-12-3-5-13(6-4-12)17-14(18)15(11-16)7-9-19-10-8-15/h3-6H,2,7-10H2,1H3,(H,17,18). The maximum Gasteiger partial charge on any atom is 0.245 e. The quantitative estimate of drug-likeness (QED) is 0.906. The minimum Gasteiger partial charge on any atom is -0.381 e. The van der Waals surface area contributed by atoms with E-state index in [0.29, 0.717) is 26.1 Å². The van der Waals surface area contributed by atoms with Crippen molar-refractivity contribution in [3.05, 3.63) is 29.8 Å². The Hall–Kier alpha value is -1.86. The van der Waals surface area contributed by atoms with E-state index in [1.807, 2.05) is 24.3 Å². The predicted octanol–water partition coefficient (Wildman–Crippen LogP) is 2.51. The van der Waals surface area contributed by atoms with Crippen molar-refractivity contribution in [2.45, 2.75) is 26.2 Å². The highest BCUT2D eigenvalue weighted by Crippen LogP contribution is 2.31. The van der Waals surface area contributed by atoms with Gasteiger partial charge in [-0.05, 0) is 37.0 Å². The van der Waals surface area contributed by atoms with E-state index >= 15 is 0 Å². The van der Waals surface area contributed by atoms with Crippen LogP contribution in [0.4, 0.5) is 5.69 Å². The highest BCUT2D eigenvalue weighted by molar-refractivity contribution is 5.97. The van der Waals surface area contributed by atoms with Gasteiger partial charge < -0.3 is 10.1 Å². The van der Waals surface area contributed by atoms with Crippen LogP contribution in [0, 0.1) is 16.7 Å². The molecule has 1 heterocycles. The van der Waals surface area contributed by atoms with Crippen LogP contribution in [0.1, 0.15) is 25.3 Å². The molecule has 0 saturated carbocycles. The molecule has 1 aromatic carbocycles. The number of nitrogens with one attached hydrogen (secondary N) is 1. The number of carbonyl (C=O) groups is 1. The number of amides is 1. The van der Waals surface area contributed by atoms with E-state index in [1.54, 1.807) is 0 Å². The number of benzene rings is 1. The first-order chi connectivity index (χ1) is 9.20. The lowest BCUT2D eigenvalue weighted by atomic mass is 9.81. The first-order valence-corrected chi connectivity index (χ1v) is 6.59. The SMILES string of the molecule is CCc1ccc(NC(=O)C2(C#N)CCOCC2)cc1. The molecule has 1 saturated heterocycles. The molecule has 100 valence electrons. The molecular formula is C15H18N2O2. The van der Waals surface area contributed by atoms with Gasteiger partial charge in [-0.2, -0.15) is 5.26 Å². The Bertz CT molecular complexity index is 482. The summed E-state index contributed by atoms with van der Waals surface area (Å²) in [6.45, 7) is 3.02. The molecule has 0 aliphatic carbocycles. The normalized spacial score (nSPS) is 17.5. The van der Waals surface area contributed by atoms with Gasteiger partial charge in [0.25, 0.3) is 0 Å². The fraction of sp³-hybridized carbons (Fsp3) is 0.467. The third-order valence-corrected chi connectivity index (χ3v) is 3.62. The molecular weight excluding hydrogens is 240 g/mol. The highest BCUT2D eigenvalue weighted by atomic mass is 16.5. The third-order valence-electron chi connectivity index (χ3n) is 3.62. The molecule has 0 aromatic heterocycles. The van der Waals surface area contributed by atoms with Crippen LogP contribution in [-0.4, -0.2) is 19.1 Å². The summed E-state index contributed by atoms with van der Waals surface area (Å²) in [5.74, 6) is -0.220. The van der Waals surface area contributed by atoms with Crippen LogP contribution in [-0.2, 0) is 16.0 Å². The summed E-state index contributed by atoms with van der Waals surface area (Å²) in [5.41, 5.74) is 1.02. The van der Waals surface area contributed by atoms with Gasteiger partial charge in [0, 0.05) is 18.9 Å². The molecule has 0 atom stereocenters. The smallest absolute Gasteiger partial charge is 0.245 e. The maximum atomic E-state index is 12.3. The number of hydrogen-bond acceptors (Lipinski definition) is 3. The molecule has 0 unspecified atom stereocenters. The molecule has 0 radical (unpaired) electrons. The van der Waals surface area contributed by atoms with Crippen molar-refractivity contribution in [1.82, 2.24) is 0 Å². The Labute approximate surface area is 113 Å². The van der Waals surface area contributed by atoms with Crippen molar-refractivity contribution in [2.24, 2.45) is 5.41 Å². The van der Waals surface area contributed by atoms with Crippen molar-refractivity contribution in [2.75, 3.05) is 18.5 Å². The second-order valence-corrected chi connectivity index (χ2v) is 4.81. The van der Waals surface area contributed by atoms with E-state index in [4.69, 9.17) is 4.74 Å². The average molecular weight is 258 g/mol. The Kier molecular flexibility index (Phi) is 4.18. The summed E-state index contributed by atoms with van der Waals surface area (Å²) in [6.07, 6.45) is 1.89. The lowest BCUT2D eigenvalue weighted by Crippen LogP contribution is -2.39. The monoisotopic (exact) mass is 258 g/mol. The van der Waals surface area contributed by atoms with Crippen molar-refractivity contribution in [1.29, 1.82) is 5.26 Å². The number of hydrogen-bond donors (Lipinski definition) is 1.